The van der Waals surface area contributed by atoms with Crippen molar-refractivity contribution in [2.45, 2.75) is 19.4 Å². The zero-order valence-corrected chi connectivity index (χ0v) is 12.4. The molecule has 0 aromatic carbocycles. The standard InChI is InChI=1S/C14H25N3S/c1-13(14-4-11-18-12-14)15-5-3-6-17-9-7-16(2)8-10-17/h4,11-13,15H,3,5-10H2,1-2H3. The fraction of sp³-hybridized carbons (Fsp3) is 0.714. The maximum Gasteiger partial charge on any atom is 0.0300 e. The first-order valence-electron chi connectivity index (χ1n) is 6.92. The van der Waals surface area contributed by atoms with Gasteiger partial charge in [0.15, 0.2) is 0 Å². The van der Waals surface area contributed by atoms with E-state index in [1.807, 2.05) is 0 Å². The summed E-state index contributed by atoms with van der Waals surface area (Å²) in [6.45, 7) is 9.50. The molecule has 1 aliphatic rings. The molecule has 0 radical (unpaired) electrons. The van der Waals surface area contributed by atoms with Crippen molar-refractivity contribution in [3.05, 3.63) is 22.4 Å². The molecule has 0 saturated carbocycles. The van der Waals surface area contributed by atoms with Crippen LogP contribution in [0.2, 0.25) is 0 Å². The Morgan fingerprint density at radius 2 is 2.11 bits per heavy atom. The predicted octanol–water partition coefficient (Wildman–Crippen LogP) is 2.04. The van der Waals surface area contributed by atoms with Gasteiger partial charge < -0.3 is 15.1 Å². The first-order chi connectivity index (χ1) is 8.75. The summed E-state index contributed by atoms with van der Waals surface area (Å²) in [4.78, 5) is 4.99. The van der Waals surface area contributed by atoms with E-state index in [9.17, 15) is 0 Å². The molecule has 1 aliphatic heterocycles. The van der Waals surface area contributed by atoms with E-state index in [1.54, 1.807) is 11.3 Å². The number of likely N-dealkylation sites (N-methyl/N-ethyl adjacent to an activating group) is 1. The first kappa shape index (κ1) is 14.0. The Balaban J connectivity index is 1.56. The number of hydrogen-bond acceptors (Lipinski definition) is 4. The molecule has 18 heavy (non-hydrogen) atoms. The van der Waals surface area contributed by atoms with Crippen LogP contribution in [0, 0.1) is 0 Å². The van der Waals surface area contributed by atoms with Crippen molar-refractivity contribution in [1.29, 1.82) is 0 Å². The quantitative estimate of drug-likeness (QED) is 0.796. The minimum atomic E-state index is 0.490. The molecule has 1 aromatic heterocycles. The molecule has 2 heterocycles. The monoisotopic (exact) mass is 267 g/mol. The van der Waals surface area contributed by atoms with Gasteiger partial charge in [-0.1, -0.05) is 0 Å². The summed E-state index contributed by atoms with van der Waals surface area (Å²) in [5.74, 6) is 0. The Labute approximate surface area is 115 Å². The van der Waals surface area contributed by atoms with E-state index in [2.05, 4.69) is 45.9 Å². The summed E-state index contributed by atoms with van der Waals surface area (Å²) in [5.41, 5.74) is 1.42. The third-order valence-electron chi connectivity index (χ3n) is 3.74. The van der Waals surface area contributed by atoms with Crippen molar-refractivity contribution < 1.29 is 0 Å². The van der Waals surface area contributed by atoms with Crippen LogP contribution in [0.5, 0.6) is 0 Å². The first-order valence-corrected chi connectivity index (χ1v) is 7.86. The minimum absolute atomic E-state index is 0.490. The third-order valence-corrected chi connectivity index (χ3v) is 4.44. The second-order valence-corrected chi connectivity index (χ2v) is 6.01. The lowest BCUT2D eigenvalue weighted by molar-refractivity contribution is 0.152. The average molecular weight is 267 g/mol. The predicted molar refractivity (Wildman–Crippen MR) is 79.3 cm³/mol. The van der Waals surface area contributed by atoms with E-state index in [0.29, 0.717) is 6.04 Å². The maximum absolute atomic E-state index is 3.60. The molecular weight excluding hydrogens is 242 g/mol. The van der Waals surface area contributed by atoms with Gasteiger partial charge in [-0.2, -0.15) is 11.3 Å². The molecule has 1 aromatic rings. The van der Waals surface area contributed by atoms with Crippen molar-refractivity contribution in [3.8, 4) is 0 Å². The highest BCUT2D eigenvalue weighted by Gasteiger charge is 2.12. The number of piperazine rings is 1. The SMILES string of the molecule is CC(NCCCN1CCN(C)CC1)c1ccsc1. The van der Waals surface area contributed by atoms with Crippen molar-refractivity contribution in [2.75, 3.05) is 46.3 Å². The van der Waals surface area contributed by atoms with Crippen LogP contribution < -0.4 is 5.32 Å². The van der Waals surface area contributed by atoms with Gasteiger partial charge in [-0.25, -0.2) is 0 Å². The summed E-state index contributed by atoms with van der Waals surface area (Å²) in [6.07, 6.45) is 1.25. The van der Waals surface area contributed by atoms with E-state index in [0.717, 1.165) is 6.54 Å². The zero-order chi connectivity index (χ0) is 12.8. The van der Waals surface area contributed by atoms with Crippen LogP contribution >= 0.6 is 11.3 Å². The Morgan fingerprint density at radius 3 is 2.78 bits per heavy atom. The van der Waals surface area contributed by atoms with Crippen molar-refractivity contribution >= 4 is 11.3 Å². The van der Waals surface area contributed by atoms with Crippen LogP contribution in [-0.4, -0.2) is 56.1 Å². The van der Waals surface area contributed by atoms with Gasteiger partial charge in [0.05, 0.1) is 0 Å². The van der Waals surface area contributed by atoms with Gasteiger partial charge in [0.1, 0.15) is 0 Å². The lowest BCUT2D eigenvalue weighted by Crippen LogP contribution is -2.45. The summed E-state index contributed by atoms with van der Waals surface area (Å²) in [6, 6.07) is 2.70. The molecule has 1 N–H and O–H groups in total. The topological polar surface area (TPSA) is 18.5 Å². The number of nitrogens with zero attached hydrogens (tertiary/aromatic N) is 2. The average Bonchev–Trinajstić information content (AvgIpc) is 2.90. The third kappa shape index (κ3) is 4.35. The molecule has 0 spiro atoms. The zero-order valence-electron chi connectivity index (χ0n) is 11.6. The highest BCUT2D eigenvalue weighted by Crippen LogP contribution is 2.15. The van der Waals surface area contributed by atoms with Crippen molar-refractivity contribution in [1.82, 2.24) is 15.1 Å². The Bertz CT molecular complexity index is 318. The Kier molecular flexibility index (Phi) is 5.63. The largest absolute Gasteiger partial charge is 0.310 e. The molecule has 3 nitrogen and oxygen atoms in total. The number of thiophene rings is 1. The fourth-order valence-electron chi connectivity index (χ4n) is 2.33. The highest BCUT2D eigenvalue weighted by molar-refractivity contribution is 7.07. The molecule has 1 atom stereocenters. The number of nitrogens with one attached hydrogen (secondary N) is 1. The van der Waals surface area contributed by atoms with Crippen LogP contribution in [0.25, 0.3) is 0 Å². The second-order valence-electron chi connectivity index (χ2n) is 5.23. The summed E-state index contributed by atoms with van der Waals surface area (Å²) in [5, 5.41) is 7.99. The van der Waals surface area contributed by atoms with Gasteiger partial charge >= 0.3 is 0 Å². The van der Waals surface area contributed by atoms with E-state index in [1.165, 1.54) is 44.7 Å². The molecule has 1 unspecified atom stereocenters. The molecule has 1 saturated heterocycles. The van der Waals surface area contributed by atoms with Crippen molar-refractivity contribution in [3.63, 3.8) is 0 Å². The lowest BCUT2D eigenvalue weighted by atomic mass is 10.2. The lowest BCUT2D eigenvalue weighted by Gasteiger charge is -2.32. The van der Waals surface area contributed by atoms with Crippen LogP contribution in [0.1, 0.15) is 24.9 Å². The highest BCUT2D eigenvalue weighted by atomic mass is 32.1. The summed E-state index contributed by atoms with van der Waals surface area (Å²) in [7, 11) is 2.21. The van der Waals surface area contributed by atoms with E-state index in [-0.39, 0.29) is 0 Å². The van der Waals surface area contributed by atoms with Gasteiger partial charge in [0.25, 0.3) is 0 Å². The summed E-state index contributed by atoms with van der Waals surface area (Å²) >= 11 is 1.78. The number of rotatable bonds is 6. The fourth-order valence-corrected chi connectivity index (χ4v) is 3.09. The van der Waals surface area contributed by atoms with Crippen LogP contribution in [0.4, 0.5) is 0 Å². The van der Waals surface area contributed by atoms with Gasteiger partial charge in [0.2, 0.25) is 0 Å². The molecule has 0 aliphatic carbocycles. The molecule has 2 rings (SSSR count). The Hall–Kier alpha value is -0.420. The molecular formula is C14H25N3S. The molecule has 102 valence electrons. The van der Waals surface area contributed by atoms with E-state index in [4.69, 9.17) is 0 Å². The molecule has 0 bridgehead atoms. The maximum atomic E-state index is 3.60. The number of hydrogen-bond donors (Lipinski definition) is 1. The van der Waals surface area contributed by atoms with Crippen LogP contribution in [-0.2, 0) is 0 Å². The van der Waals surface area contributed by atoms with Gasteiger partial charge in [-0.3, -0.25) is 0 Å². The Morgan fingerprint density at radius 1 is 1.33 bits per heavy atom. The van der Waals surface area contributed by atoms with Gasteiger partial charge in [-0.15, -0.1) is 0 Å². The molecule has 1 fully saturated rings. The van der Waals surface area contributed by atoms with Gasteiger partial charge in [0, 0.05) is 32.2 Å². The second kappa shape index (κ2) is 7.24. The van der Waals surface area contributed by atoms with Crippen LogP contribution in [0.3, 0.4) is 0 Å². The minimum Gasteiger partial charge on any atom is -0.310 e. The molecule has 4 heteroatoms. The molecule has 0 amide bonds. The summed E-state index contributed by atoms with van der Waals surface area (Å²) < 4.78 is 0. The van der Waals surface area contributed by atoms with E-state index >= 15 is 0 Å². The van der Waals surface area contributed by atoms with Crippen LogP contribution in [0.15, 0.2) is 16.8 Å². The van der Waals surface area contributed by atoms with Gasteiger partial charge in [-0.05, 0) is 55.9 Å². The smallest absolute Gasteiger partial charge is 0.0300 e. The van der Waals surface area contributed by atoms with Crippen molar-refractivity contribution in [2.24, 2.45) is 0 Å². The normalized spacial score (nSPS) is 20.1. The van der Waals surface area contributed by atoms with E-state index < -0.39 is 0 Å².